The number of allylic oxidation sites excluding steroid dienone is 2. The molecule has 6 nitrogen and oxygen atoms in total. The Balaban J connectivity index is 0.000000923. The number of carbonyl (C=O) groups excluding carboxylic acids is 5. The first kappa shape index (κ1) is 27.1. The summed E-state index contributed by atoms with van der Waals surface area (Å²) in [4.78, 5) is 60.6. The lowest BCUT2D eigenvalue weighted by molar-refractivity contribution is -0.191. The van der Waals surface area contributed by atoms with Crippen molar-refractivity contribution in [2.24, 2.45) is 29.6 Å². The largest absolute Gasteiger partial charge is 0.373 e. The van der Waals surface area contributed by atoms with E-state index in [2.05, 4.69) is 49.4 Å². The maximum Gasteiger partial charge on any atom is 0.373 e. The molecule has 0 N–H and O–H groups in total. The van der Waals surface area contributed by atoms with Crippen LogP contribution in [0.15, 0.2) is 88.7 Å². The molecule has 8 heteroatoms. The van der Waals surface area contributed by atoms with Gasteiger partial charge in [-0.2, -0.15) is 9.59 Å². The van der Waals surface area contributed by atoms with Crippen LogP contribution in [0.3, 0.4) is 0 Å². The van der Waals surface area contributed by atoms with Gasteiger partial charge in [-0.3, -0.25) is 19.3 Å². The quantitative estimate of drug-likeness (QED) is 0.333. The summed E-state index contributed by atoms with van der Waals surface area (Å²) < 4.78 is 0. The Kier molecular flexibility index (Phi) is 6.81. The fraction of sp³-hybridized carbons (Fsp3) is 0.294. The van der Waals surface area contributed by atoms with Crippen LogP contribution in [0.25, 0.3) is 11.1 Å². The summed E-state index contributed by atoms with van der Waals surface area (Å²) in [6.07, 6.45) is 1.67. The predicted octanol–water partition coefficient (Wildman–Crippen LogP) is 6.22. The second-order valence-corrected chi connectivity index (χ2v) is 14.0. The van der Waals surface area contributed by atoms with Gasteiger partial charge in [0.1, 0.15) is 0 Å². The molecule has 1 saturated heterocycles. The van der Waals surface area contributed by atoms with Crippen LogP contribution >= 0.6 is 23.5 Å². The minimum atomic E-state index is -0.267. The molecule has 0 radical (unpaired) electrons. The molecule has 7 atom stereocenters. The number of rotatable bonds is 3. The van der Waals surface area contributed by atoms with Gasteiger partial charge in [0, 0.05) is 27.4 Å². The van der Waals surface area contributed by atoms with Gasteiger partial charge in [-0.05, 0) is 59.9 Å². The highest BCUT2D eigenvalue weighted by atomic mass is 32.2. The molecule has 210 valence electrons. The second-order valence-electron chi connectivity index (χ2n) is 11.6. The molecule has 42 heavy (non-hydrogen) atoms. The Morgan fingerprint density at radius 2 is 1.50 bits per heavy atom. The topological polar surface area (TPSA) is 88.6 Å². The summed E-state index contributed by atoms with van der Waals surface area (Å²) in [5, 5.41) is 0.487. The van der Waals surface area contributed by atoms with Gasteiger partial charge in [0.25, 0.3) is 0 Å². The predicted molar refractivity (Wildman–Crippen MR) is 161 cm³/mol. The van der Waals surface area contributed by atoms with Crippen LogP contribution in [0.4, 0.5) is 5.69 Å². The van der Waals surface area contributed by atoms with Gasteiger partial charge in [0.05, 0.1) is 17.5 Å². The number of hydrogen-bond acceptors (Lipinski definition) is 7. The molecule has 3 aromatic rings. The first-order valence-electron chi connectivity index (χ1n) is 14.1. The molecule has 0 aromatic heterocycles. The third-order valence-corrected chi connectivity index (χ3v) is 12.4. The Hall–Kier alpha value is -3.71. The van der Waals surface area contributed by atoms with Crippen LogP contribution in [-0.2, 0) is 24.0 Å². The van der Waals surface area contributed by atoms with Crippen LogP contribution in [0.2, 0.25) is 0 Å². The van der Waals surface area contributed by atoms with Crippen molar-refractivity contribution in [2.75, 3.05) is 4.90 Å². The van der Waals surface area contributed by atoms with E-state index < -0.39 is 0 Å². The number of fused-ring (bicyclic) bond motifs is 8. The van der Waals surface area contributed by atoms with E-state index in [1.807, 2.05) is 48.2 Å². The van der Waals surface area contributed by atoms with Crippen LogP contribution < -0.4 is 4.90 Å². The lowest BCUT2D eigenvalue weighted by atomic mass is 9.68. The van der Waals surface area contributed by atoms with E-state index in [9.17, 15) is 14.4 Å². The number of carbonyl (C=O) groups is 3. The first-order chi connectivity index (χ1) is 20.4. The fourth-order valence-corrected chi connectivity index (χ4v) is 11.3. The molecule has 2 amide bonds. The van der Waals surface area contributed by atoms with Crippen molar-refractivity contribution in [2.45, 2.75) is 30.9 Å². The van der Waals surface area contributed by atoms with Crippen molar-refractivity contribution in [1.82, 2.24) is 0 Å². The normalized spacial score (nSPS) is 30.5. The Morgan fingerprint density at radius 1 is 0.810 bits per heavy atom. The van der Waals surface area contributed by atoms with E-state index in [1.54, 1.807) is 0 Å². The molecule has 3 heterocycles. The van der Waals surface area contributed by atoms with Crippen molar-refractivity contribution in [1.29, 1.82) is 0 Å². The maximum absolute atomic E-state index is 14.0. The zero-order valence-electron chi connectivity index (χ0n) is 22.8. The molecule has 2 aliphatic carbocycles. The van der Waals surface area contributed by atoms with Gasteiger partial charge in [0.15, 0.2) is 5.12 Å². The average Bonchev–Trinajstić information content (AvgIpc) is 3.73. The minimum absolute atomic E-state index is 0.0345. The van der Waals surface area contributed by atoms with Gasteiger partial charge in [-0.1, -0.05) is 84.1 Å². The molecule has 3 fully saturated rings. The summed E-state index contributed by atoms with van der Waals surface area (Å²) >= 11 is 3.25. The highest BCUT2D eigenvalue weighted by molar-refractivity contribution is 8.18. The Labute approximate surface area is 251 Å². The first-order valence-corrected chi connectivity index (χ1v) is 15.8. The summed E-state index contributed by atoms with van der Waals surface area (Å²) in [7, 11) is 0. The minimum Gasteiger partial charge on any atom is -0.286 e. The van der Waals surface area contributed by atoms with Gasteiger partial charge in [-0.15, -0.1) is 11.8 Å². The molecule has 0 spiro atoms. The van der Waals surface area contributed by atoms with E-state index >= 15 is 0 Å². The number of thioether (sulfide) groups is 2. The molecule has 2 bridgehead atoms. The number of nitrogens with zero attached hydrogens (tertiary/aromatic N) is 1. The van der Waals surface area contributed by atoms with Gasteiger partial charge >= 0.3 is 6.15 Å². The summed E-state index contributed by atoms with van der Waals surface area (Å²) in [6.45, 7) is 2.07. The monoisotopic (exact) mass is 593 g/mol. The lowest BCUT2D eigenvalue weighted by Gasteiger charge is -2.44. The molecule has 8 rings (SSSR count). The maximum atomic E-state index is 14.0. The summed E-state index contributed by atoms with van der Waals surface area (Å²) in [6, 6.07) is 26.7. The van der Waals surface area contributed by atoms with E-state index in [4.69, 9.17) is 9.59 Å². The van der Waals surface area contributed by atoms with Gasteiger partial charge in [0.2, 0.25) is 11.8 Å². The number of aryl methyl sites for hydroxylation is 1. The second kappa shape index (κ2) is 10.5. The molecular weight excluding hydrogens is 567 g/mol. The van der Waals surface area contributed by atoms with Crippen molar-refractivity contribution in [3.8, 4) is 11.1 Å². The number of hydrogen-bond donors (Lipinski definition) is 0. The summed E-state index contributed by atoms with van der Waals surface area (Å²) in [5.74, 6) is 0.128. The van der Waals surface area contributed by atoms with E-state index in [1.165, 1.54) is 37.6 Å². The molecule has 5 aliphatic rings. The van der Waals surface area contributed by atoms with E-state index in [0.717, 1.165) is 17.5 Å². The third-order valence-electron chi connectivity index (χ3n) is 9.55. The highest BCUT2D eigenvalue weighted by Gasteiger charge is 2.69. The van der Waals surface area contributed by atoms with Gasteiger partial charge < -0.3 is 0 Å². The number of amides is 2. The Bertz CT molecular complexity index is 1680. The van der Waals surface area contributed by atoms with E-state index in [0.29, 0.717) is 12.1 Å². The molecule has 3 aromatic carbocycles. The van der Waals surface area contributed by atoms with Crippen molar-refractivity contribution in [3.05, 3.63) is 99.8 Å². The van der Waals surface area contributed by atoms with Crippen LogP contribution in [0.1, 0.15) is 29.9 Å². The summed E-state index contributed by atoms with van der Waals surface area (Å²) in [5.41, 5.74) is 5.29. The van der Waals surface area contributed by atoms with Crippen molar-refractivity contribution >= 4 is 52.3 Å². The highest BCUT2D eigenvalue weighted by Crippen LogP contribution is 2.70. The number of imide groups is 1. The molecule has 2 saturated carbocycles. The molecular formula is C34H27NO5S2. The molecule has 3 aliphatic heterocycles. The van der Waals surface area contributed by atoms with Crippen molar-refractivity contribution < 1.29 is 24.0 Å². The SMILES string of the molecule is Cc1cccc(-c2ccc(N3C(=O)[C@@H]4[C@H]5C[C@@H]([C@@H]4C3=O)[C@H]3[C@@H]5SC4=C(SC(=O)C4)[C@@H]3c3ccccc3)cc2)c1.O=C=O. The Morgan fingerprint density at radius 3 is 2.19 bits per heavy atom. The van der Waals surface area contributed by atoms with Crippen LogP contribution in [-0.4, -0.2) is 28.3 Å². The zero-order chi connectivity index (χ0) is 29.1. The number of anilines is 1. The van der Waals surface area contributed by atoms with Crippen LogP contribution in [0.5, 0.6) is 0 Å². The van der Waals surface area contributed by atoms with Crippen molar-refractivity contribution in [3.63, 3.8) is 0 Å². The van der Waals surface area contributed by atoms with Crippen LogP contribution in [0, 0.1) is 36.5 Å². The smallest absolute Gasteiger partial charge is 0.286 e. The molecule has 0 unspecified atom stereocenters. The standard InChI is InChI=1S/C33H27NO3S2.CO2/c1-17-6-5-9-20(14-17)18-10-12-21(13-11-18)34-32(36)28-22-15-23(29(28)33(34)37)30-27(22)26(19-7-3-2-4-8-19)31-24(38-30)16-25(35)39-31;2-1-3/h2-14,22-23,26-30H,15-16H2,1H3;/t22-,23-,26-,27-,28+,29-,30-;/m1./s1. The van der Waals surface area contributed by atoms with Gasteiger partial charge in [-0.25, -0.2) is 0 Å². The fourth-order valence-electron chi connectivity index (χ4n) is 8.11. The van der Waals surface area contributed by atoms with E-state index in [-0.39, 0.29) is 63.8 Å². The zero-order valence-corrected chi connectivity index (χ0v) is 24.4. The average molecular weight is 594 g/mol. The lowest BCUT2D eigenvalue weighted by Crippen LogP contribution is -2.42. The third kappa shape index (κ3) is 4.16. The number of benzene rings is 3.